The summed E-state index contributed by atoms with van der Waals surface area (Å²) in [6.07, 6.45) is -0.988. The van der Waals surface area contributed by atoms with Gasteiger partial charge in [-0.2, -0.15) is 4.31 Å². The first kappa shape index (κ1) is 29.3. The number of nitrogens with zero attached hydrogens (tertiary/aromatic N) is 2. The smallest absolute Gasteiger partial charge is 0.263 e. The lowest BCUT2D eigenvalue weighted by Gasteiger charge is -2.35. The summed E-state index contributed by atoms with van der Waals surface area (Å²) < 4.78 is 34.8. The van der Waals surface area contributed by atoms with Crippen LogP contribution >= 0.6 is 11.6 Å². The number of ether oxygens (including phenoxy) is 1. The third kappa shape index (κ3) is 6.65. The highest BCUT2D eigenvalue weighted by atomic mass is 35.5. The van der Waals surface area contributed by atoms with Gasteiger partial charge in [-0.15, -0.1) is 0 Å². The molecule has 10 heteroatoms. The predicted molar refractivity (Wildman–Crippen MR) is 162 cm³/mol. The Labute approximate surface area is 250 Å². The van der Waals surface area contributed by atoms with E-state index in [-0.39, 0.29) is 23.9 Å². The van der Waals surface area contributed by atoms with E-state index in [2.05, 4.69) is 5.32 Å². The van der Waals surface area contributed by atoms with Crippen LogP contribution in [0.25, 0.3) is 0 Å². The molecule has 1 aliphatic heterocycles. The summed E-state index contributed by atoms with van der Waals surface area (Å²) in [5.41, 5.74) is 2.85. The number of aryl methyl sites for hydroxylation is 1. The number of carbonyl (C=O) groups excluding carboxylic acids is 2. The lowest BCUT2D eigenvalue weighted by molar-refractivity contribution is -0.128. The Kier molecular flexibility index (Phi) is 8.91. The van der Waals surface area contributed by atoms with Crippen LogP contribution in [0.5, 0.6) is 5.75 Å². The molecule has 0 saturated carbocycles. The largest absolute Gasteiger partial charge is 0.477 e. The van der Waals surface area contributed by atoms with Gasteiger partial charge >= 0.3 is 0 Å². The topological polar surface area (TPSA) is 96.0 Å². The first-order chi connectivity index (χ1) is 20.2. The van der Waals surface area contributed by atoms with Crippen LogP contribution in [0, 0.1) is 6.92 Å². The summed E-state index contributed by atoms with van der Waals surface area (Å²) in [5, 5.41) is 3.26. The zero-order chi connectivity index (χ0) is 29.7. The van der Waals surface area contributed by atoms with Gasteiger partial charge in [-0.1, -0.05) is 90.0 Å². The van der Waals surface area contributed by atoms with Gasteiger partial charge in [0.05, 0.1) is 23.7 Å². The zero-order valence-corrected chi connectivity index (χ0v) is 24.5. The molecule has 1 atom stereocenters. The average molecular weight is 604 g/mol. The van der Waals surface area contributed by atoms with Gasteiger partial charge in [0, 0.05) is 18.1 Å². The molecule has 0 radical (unpaired) electrons. The van der Waals surface area contributed by atoms with Crippen LogP contribution in [0.15, 0.2) is 108 Å². The Bertz CT molecular complexity index is 1680. The molecule has 1 unspecified atom stereocenters. The number of nitrogens with one attached hydrogen (secondary N) is 1. The van der Waals surface area contributed by atoms with Crippen LogP contribution in [-0.4, -0.2) is 43.7 Å². The monoisotopic (exact) mass is 603 g/mol. The predicted octanol–water partition coefficient (Wildman–Crippen LogP) is 4.95. The second-order valence-corrected chi connectivity index (χ2v) is 12.3. The van der Waals surface area contributed by atoms with Crippen molar-refractivity contribution in [2.75, 3.05) is 18.0 Å². The lowest BCUT2D eigenvalue weighted by atomic mass is 10.1. The van der Waals surface area contributed by atoms with E-state index in [0.717, 1.165) is 15.4 Å². The minimum absolute atomic E-state index is 0.0634. The van der Waals surface area contributed by atoms with Gasteiger partial charge in [-0.05, 0) is 48.4 Å². The van der Waals surface area contributed by atoms with Crippen molar-refractivity contribution in [2.24, 2.45) is 0 Å². The van der Waals surface area contributed by atoms with E-state index in [0.29, 0.717) is 28.6 Å². The molecular formula is C32H30ClN3O5S. The SMILES string of the molecule is Cc1ccc(S(=O)(=O)N(CC(=O)N2CC(C(=O)NCc3ccccc3)Oc3ccccc32)Cc2ccccc2Cl)cc1. The molecule has 0 aromatic heterocycles. The first-order valence-corrected chi connectivity index (χ1v) is 15.2. The highest BCUT2D eigenvalue weighted by molar-refractivity contribution is 7.89. The number of sulfonamides is 1. The first-order valence-electron chi connectivity index (χ1n) is 13.4. The fourth-order valence-electron chi connectivity index (χ4n) is 4.64. The molecule has 0 fully saturated rings. The van der Waals surface area contributed by atoms with Gasteiger partial charge in [0.25, 0.3) is 5.91 Å². The molecule has 1 heterocycles. The maximum Gasteiger partial charge on any atom is 0.263 e. The molecule has 1 aliphatic rings. The van der Waals surface area contributed by atoms with E-state index in [4.69, 9.17) is 16.3 Å². The lowest BCUT2D eigenvalue weighted by Crippen LogP contribution is -2.52. The van der Waals surface area contributed by atoms with E-state index in [1.54, 1.807) is 60.7 Å². The minimum Gasteiger partial charge on any atom is -0.477 e. The van der Waals surface area contributed by atoms with Crippen molar-refractivity contribution >= 4 is 39.1 Å². The van der Waals surface area contributed by atoms with Crippen molar-refractivity contribution in [2.45, 2.75) is 31.0 Å². The molecule has 4 aromatic carbocycles. The Morgan fingerprint density at radius 3 is 2.33 bits per heavy atom. The molecule has 5 rings (SSSR count). The summed E-state index contributed by atoms with van der Waals surface area (Å²) in [6, 6.07) is 29.7. The number of fused-ring (bicyclic) bond motifs is 1. The summed E-state index contributed by atoms with van der Waals surface area (Å²) in [5.74, 6) is -0.531. The zero-order valence-electron chi connectivity index (χ0n) is 22.9. The van der Waals surface area contributed by atoms with Crippen LogP contribution in [0.4, 0.5) is 5.69 Å². The van der Waals surface area contributed by atoms with Crippen molar-refractivity contribution in [3.63, 3.8) is 0 Å². The molecule has 2 amide bonds. The van der Waals surface area contributed by atoms with Crippen LogP contribution < -0.4 is 15.0 Å². The second-order valence-electron chi connectivity index (χ2n) is 9.96. The van der Waals surface area contributed by atoms with Gasteiger partial charge in [0.2, 0.25) is 15.9 Å². The molecular weight excluding hydrogens is 574 g/mol. The summed E-state index contributed by atoms with van der Waals surface area (Å²) >= 11 is 6.39. The highest BCUT2D eigenvalue weighted by Crippen LogP contribution is 2.34. The molecule has 0 spiro atoms. The number of hydrogen-bond donors (Lipinski definition) is 1. The molecule has 42 heavy (non-hydrogen) atoms. The minimum atomic E-state index is -4.10. The number of benzene rings is 4. The van der Waals surface area contributed by atoms with Crippen LogP contribution in [0.2, 0.25) is 5.02 Å². The number of hydrogen-bond acceptors (Lipinski definition) is 5. The number of anilines is 1. The summed E-state index contributed by atoms with van der Waals surface area (Å²) in [4.78, 5) is 28.5. The van der Waals surface area contributed by atoms with Crippen LogP contribution in [-0.2, 0) is 32.7 Å². The molecule has 4 aromatic rings. The third-order valence-electron chi connectivity index (χ3n) is 6.95. The number of rotatable bonds is 9. The standard InChI is InChI=1S/C32H30ClN3O5S/c1-23-15-17-26(18-16-23)42(39,40)35(20-25-11-5-6-12-27(25)33)22-31(37)36-21-30(41-29-14-8-7-13-28(29)36)32(38)34-19-24-9-3-2-4-10-24/h2-18,30H,19-22H2,1H3,(H,34,38). The number of carbonyl (C=O) groups is 2. The second kappa shape index (κ2) is 12.8. The molecule has 0 saturated heterocycles. The highest BCUT2D eigenvalue weighted by Gasteiger charge is 2.36. The Morgan fingerprint density at radius 1 is 0.929 bits per heavy atom. The van der Waals surface area contributed by atoms with Gasteiger partial charge in [-0.25, -0.2) is 8.42 Å². The van der Waals surface area contributed by atoms with Crippen molar-refractivity contribution in [1.29, 1.82) is 0 Å². The molecule has 216 valence electrons. The Balaban J connectivity index is 1.41. The summed E-state index contributed by atoms with van der Waals surface area (Å²) in [7, 11) is -4.10. The van der Waals surface area contributed by atoms with Gasteiger partial charge in [-0.3, -0.25) is 9.59 Å². The van der Waals surface area contributed by atoms with Gasteiger partial charge in [0.1, 0.15) is 5.75 Å². The fourth-order valence-corrected chi connectivity index (χ4v) is 6.21. The van der Waals surface area contributed by atoms with E-state index in [1.165, 1.54) is 17.0 Å². The number of halogens is 1. The van der Waals surface area contributed by atoms with Crippen molar-refractivity contribution in [3.8, 4) is 5.75 Å². The van der Waals surface area contributed by atoms with Gasteiger partial charge in [0.15, 0.2) is 6.10 Å². The van der Waals surface area contributed by atoms with Crippen molar-refractivity contribution in [1.82, 2.24) is 9.62 Å². The van der Waals surface area contributed by atoms with Crippen molar-refractivity contribution < 1.29 is 22.7 Å². The van der Waals surface area contributed by atoms with E-state index in [1.807, 2.05) is 37.3 Å². The normalized spacial score (nSPS) is 14.6. The van der Waals surface area contributed by atoms with E-state index >= 15 is 0 Å². The Morgan fingerprint density at radius 2 is 1.60 bits per heavy atom. The molecule has 8 nitrogen and oxygen atoms in total. The van der Waals surface area contributed by atoms with Crippen LogP contribution in [0.1, 0.15) is 16.7 Å². The maximum absolute atomic E-state index is 13.9. The van der Waals surface area contributed by atoms with Crippen molar-refractivity contribution in [3.05, 3.63) is 125 Å². The third-order valence-corrected chi connectivity index (χ3v) is 9.13. The molecule has 0 bridgehead atoms. The maximum atomic E-state index is 13.9. The number of para-hydroxylation sites is 2. The molecule has 0 aliphatic carbocycles. The van der Waals surface area contributed by atoms with E-state index < -0.39 is 28.6 Å². The quantitative estimate of drug-likeness (QED) is 0.292. The van der Waals surface area contributed by atoms with Gasteiger partial charge < -0.3 is 15.0 Å². The molecule has 1 N–H and O–H groups in total. The average Bonchev–Trinajstić information content (AvgIpc) is 3.00. The fraction of sp³-hybridized carbons (Fsp3) is 0.188. The van der Waals surface area contributed by atoms with Crippen LogP contribution in [0.3, 0.4) is 0 Å². The van der Waals surface area contributed by atoms with E-state index in [9.17, 15) is 18.0 Å². The summed E-state index contributed by atoms with van der Waals surface area (Å²) in [6.45, 7) is 1.49. The Hall–Kier alpha value is -4.18. The number of amides is 2.